The Morgan fingerprint density at radius 3 is 2.73 bits per heavy atom. The number of carbonyl (C=O) groups is 2. The number of sulfonamides is 1. The van der Waals surface area contributed by atoms with Crippen molar-refractivity contribution in [2.75, 3.05) is 23.8 Å². The third-order valence-corrected chi connectivity index (χ3v) is 7.23. The van der Waals surface area contributed by atoms with Crippen molar-refractivity contribution in [3.8, 4) is 5.75 Å². The van der Waals surface area contributed by atoms with E-state index in [-0.39, 0.29) is 29.9 Å². The molecule has 0 saturated carbocycles. The van der Waals surface area contributed by atoms with E-state index in [0.29, 0.717) is 30.0 Å². The quantitative estimate of drug-likeness (QED) is 0.759. The number of rotatable bonds is 5. The highest BCUT2D eigenvalue weighted by Gasteiger charge is 2.39. The molecule has 2 heterocycles. The Balaban J connectivity index is 1.55. The molecule has 1 unspecified atom stereocenters. The van der Waals surface area contributed by atoms with Gasteiger partial charge >= 0.3 is 0 Å². The first-order valence-corrected chi connectivity index (χ1v) is 11.3. The third kappa shape index (κ3) is 3.90. The maximum atomic E-state index is 13.2. The Hall–Kier alpha value is -2.91. The van der Waals surface area contributed by atoms with Crippen LogP contribution in [0.5, 0.6) is 5.75 Å². The first-order chi connectivity index (χ1) is 14.4. The van der Waals surface area contributed by atoms with Gasteiger partial charge in [-0.2, -0.15) is 4.31 Å². The van der Waals surface area contributed by atoms with E-state index in [9.17, 15) is 18.0 Å². The van der Waals surface area contributed by atoms with Crippen molar-refractivity contribution >= 4 is 33.2 Å². The van der Waals surface area contributed by atoms with E-state index < -0.39 is 16.1 Å². The zero-order valence-corrected chi connectivity index (χ0v) is 17.4. The predicted molar refractivity (Wildman–Crippen MR) is 112 cm³/mol. The van der Waals surface area contributed by atoms with E-state index in [1.54, 1.807) is 0 Å². The normalized spacial score (nSPS) is 19.0. The van der Waals surface area contributed by atoms with Crippen molar-refractivity contribution < 1.29 is 22.7 Å². The van der Waals surface area contributed by atoms with E-state index >= 15 is 0 Å². The molecule has 2 aliphatic heterocycles. The van der Waals surface area contributed by atoms with Gasteiger partial charge in [-0.15, -0.1) is 0 Å². The molecule has 0 spiro atoms. The van der Waals surface area contributed by atoms with E-state index in [1.165, 1.54) is 22.5 Å². The predicted octanol–water partition coefficient (Wildman–Crippen LogP) is 2.37. The topological polar surface area (TPSA) is 105 Å². The molecule has 2 aromatic carbocycles. The van der Waals surface area contributed by atoms with Crippen LogP contribution in [0.3, 0.4) is 0 Å². The lowest BCUT2D eigenvalue weighted by molar-refractivity contribution is -0.119. The lowest BCUT2D eigenvalue weighted by Gasteiger charge is -2.24. The van der Waals surface area contributed by atoms with Crippen molar-refractivity contribution in [1.82, 2.24) is 4.31 Å². The van der Waals surface area contributed by atoms with Crippen LogP contribution in [-0.4, -0.2) is 43.7 Å². The molecule has 2 N–H and O–H groups in total. The van der Waals surface area contributed by atoms with Crippen LogP contribution < -0.4 is 15.4 Å². The number of ether oxygens (including phenoxy) is 1. The van der Waals surface area contributed by atoms with Crippen LogP contribution in [0.15, 0.2) is 47.4 Å². The van der Waals surface area contributed by atoms with E-state index in [1.807, 2.05) is 31.2 Å². The average Bonchev–Trinajstić information content (AvgIpc) is 3.25. The van der Waals surface area contributed by atoms with Crippen LogP contribution in [0, 0.1) is 0 Å². The summed E-state index contributed by atoms with van der Waals surface area (Å²) in [6.07, 6.45) is 1.94. The molecule has 9 heteroatoms. The number of amides is 2. The number of benzene rings is 2. The van der Waals surface area contributed by atoms with Crippen LogP contribution >= 0.6 is 0 Å². The summed E-state index contributed by atoms with van der Waals surface area (Å²) < 4.78 is 33.0. The monoisotopic (exact) mass is 429 g/mol. The van der Waals surface area contributed by atoms with Crippen molar-refractivity contribution in [2.45, 2.75) is 37.1 Å². The number of anilines is 2. The van der Waals surface area contributed by atoms with E-state index in [2.05, 4.69) is 10.6 Å². The number of fused-ring (bicyclic) bond motifs is 1. The molecule has 4 rings (SSSR count). The van der Waals surface area contributed by atoms with Gasteiger partial charge in [-0.25, -0.2) is 8.42 Å². The lowest BCUT2D eigenvalue weighted by atomic mass is 10.1. The van der Waals surface area contributed by atoms with Crippen LogP contribution in [0.1, 0.15) is 25.3 Å². The Morgan fingerprint density at radius 2 is 2.00 bits per heavy atom. The Morgan fingerprint density at radius 1 is 1.23 bits per heavy atom. The van der Waals surface area contributed by atoms with Gasteiger partial charge in [0.05, 0.1) is 10.6 Å². The summed E-state index contributed by atoms with van der Waals surface area (Å²) in [4.78, 5) is 24.4. The number of hydrogen-bond donors (Lipinski definition) is 2. The molecule has 8 nitrogen and oxygen atoms in total. The molecular formula is C21H23N3O5S. The highest BCUT2D eigenvalue weighted by atomic mass is 32.2. The van der Waals surface area contributed by atoms with Crippen molar-refractivity contribution in [3.63, 3.8) is 0 Å². The lowest BCUT2D eigenvalue weighted by Crippen LogP contribution is -2.43. The maximum absolute atomic E-state index is 13.2. The van der Waals surface area contributed by atoms with Crippen LogP contribution in [0.4, 0.5) is 11.4 Å². The van der Waals surface area contributed by atoms with Gasteiger partial charge in [-0.05, 0) is 55.2 Å². The fourth-order valence-corrected chi connectivity index (χ4v) is 5.38. The summed E-state index contributed by atoms with van der Waals surface area (Å²) >= 11 is 0. The molecule has 1 atom stereocenters. The fraction of sp³-hybridized carbons (Fsp3) is 0.333. The van der Waals surface area contributed by atoms with Crippen molar-refractivity contribution in [1.29, 1.82) is 0 Å². The SMILES string of the molecule is CCc1ccc(NC(=O)C2CCCN2S(=O)(=O)c2ccc3c(c2)NC(=O)CO3)cc1. The number of carbonyl (C=O) groups excluding carboxylic acids is 2. The van der Waals surface area contributed by atoms with E-state index in [0.717, 1.165) is 12.0 Å². The molecule has 2 aliphatic rings. The number of nitrogens with one attached hydrogen (secondary N) is 2. The molecule has 1 fully saturated rings. The van der Waals surface area contributed by atoms with Gasteiger partial charge in [0.15, 0.2) is 6.61 Å². The van der Waals surface area contributed by atoms with Gasteiger partial charge in [0.1, 0.15) is 11.8 Å². The summed E-state index contributed by atoms with van der Waals surface area (Å²) in [5, 5.41) is 5.44. The van der Waals surface area contributed by atoms with Crippen LogP contribution in [0.2, 0.25) is 0 Å². The zero-order chi connectivity index (χ0) is 21.3. The standard InChI is InChI=1S/C21H23N3O5S/c1-2-14-5-7-15(8-6-14)22-21(26)18-4-3-11-24(18)30(27,28)16-9-10-19-17(12-16)23-20(25)13-29-19/h5-10,12,18H,2-4,11,13H2,1H3,(H,22,26)(H,23,25). The second-order valence-electron chi connectivity index (χ2n) is 7.31. The summed E-state index contributed by atoms with van der Waals surface area (Å²) in [5.74, 6) is -0.278. The molecule has 0 aromatic heterocycles. The molecule has 0 aliphatic carbocycles. The first kappa shape index (κ1) is 20.4. The summed E-state index contributed by atoms with van der Waals surface area (Å²) in [6.45, 7) is 2.20. The Bertz CT molecular complexity index is 1080. The molecule has 158 valence electrons. The molecule has 0 bridgehead atoms. The number of nitrogens with zero attached hydrogens (tertiary/aromatic N) is 1. The maximum Gasteiger partial charge on any atom is 0.262 e. The molecule has 1 saturated heterocycles. The minimum absolute atomic E-state index is 0.0130. The molecule has 2 aromatic rings. The average molecular weight is 429 g/mol. The largest absolute Gasteiger partial charge is 0.482 e. The van der Waals surface area contributed by atoms with Crippen molar-refractivity contribution in [3.05, 3.63) is 48.0 Å². The smallest absolute Gasteiger partial charge is 0.262 e. The van der Waals surface area contributed by atoms with Gasteiger partial charge in [-0.1, -0.05) is 19.1 Å². The molecular weight excluding hydrogens is 406 g/mol. The summed E-state index contributed by atoms with van der Waals surface area (Å²) in [6, 6.07) is 11.0. The highest BCUT2D eigenvalue weighted by Crippen LogP contribution is 2.33. The minimum atomic E-state index is -3.92. The van der Waals surface area contributed by atoms with Gasteiger partial charge in [0.2, 0.25) is 15.9 Å². The van der Waals surface area contributed by atoms with Gasteiger partial charge in [-0.3, -0.25) is 9.59 Å². The summed E-state index contributed by atoms with van der Waals surface area (Å²) in [5.41, 5.74) is 2.10. The summed E-state index contributed by atoms with van der Waals surface area (Å²) in [7, 11) is -3.92. The highest BCUT2D eigenvalue weighted by molar-refractivity contribution is 7.89. The minimum Gasteiger partial charge on any atom is -0.482 e. The Kier molecular flexibility index (Phi) is 5.48. The number of aryl methyl sites for hydroxylation is 1. The van der Waals surface area contributed by atoms with Gasteiger partial charge in [0, 0.05) is 12.2 Å². The van der Waals surface area contributed by atoms with Crippen LogP contribution in [-0.2, 0) is 26.0 Å². The zero-order valence-electron chi connectivity index (χ0n) is 16.6. The van der Waals surface area contributed by atoms with Gasteiger partial charge < -0.3 is 15.4 Å². The molecule has 0 radical (unpaired) electrons. The molecule has 2 amide bonds. The Labute approximate surface area is 175 Å². The van der Waals surface area contributed by atoms with Gasteiger partial charge in [0.25, 0.3) is 5.91 Å². The van der Waals surface area contributed by atoms with Crippen molar-refractivity contribution in [2.24, 2.45) is 0 Å². The second-order valence-corrected chi connectivity index (χ2v) is 9.20. The number of hydrogen-bond acceptors (Lipinski definition) is 5. The fourth-order valence-electron chi connectivity index (χ4n) is 3.70. The van der Waals surface area contributed by atoms with Crippen LogP contribution in [0.25, 0.3) is 0 Å². The van der Waals surface area contributed by atoms with E-state index in [4.69, 9.17) is 4.74 Å². The third-order valence-electron chi connectivity index (χ3n) is 5.33. The second kappa shape index (κ2) is 8.08. The first-order valence-electron chi connectivity index (χ1n) is 9.87. The molecule has 30 heavy (non-hydrogen) atoms.